The number of hydrogen-bond donors (Lipinski definition) is 4. The maximum absolute atomic E-state index is 4.45. The van der Waals surface area contributed by atoms with Gasteiger partial charge >= 0.3 is 0 Å². The van der Waals surface area contributed by atoms with E-state index in [0.29, 0.717) is 12.1 Å². The number of hydrogen-bond acceptors (Lipinski definition) is 4. The molecule has 1 aliphatic carbocycles. The highest BCUT2D eigenvalue weighted by atomic mass is 15.0. The van der Waals surface area contributed by atoms with E-state index in [1.54, 1.807) is 0 Å². The molecule has 0 spiro atoms. The predicted octanol–water partition coefficient (Wildman–Crippen LogP) is 6.86. The first-order valence-electron chi connectivity index (χ1n) is 14.8. The average Bonchev–Trinajstić information content (AvgIpc) is 3.22. The van der Waals surface area contributed by atoms with Gasteiger partial charge in [-0.25, -0.2) is 0 Å². The Labute approximate surface area is 231 Å². The second-order valence-corrected chi connectivity index (χ2v) is 12.2. The molecule has 4 rings (SSSR count). The van der Waals surface area contributed by atoms with Crippen molar-refractivity contribution in [1.82, 2.24) is 21.3 Å². The van der Waals surface area contributed by atoms with Gasteiger partial charge in [-0.15, -0.1) is 0 Å². The van der Waals surface area contributed by atoms with Gasteiger partial charge < -0.3 is 21.3 Å². The van der Waals surface area contributed by atoms with Crippen molar-refractivity contribution in [3.8, 4) is 0 Å². The molecule has 0 aromatic heterocycles. The lowest BCUT2D eigenvalue weighted by molar-refractivity contribution is 0.377. The number of nitrogens with one attached hydrogen (secondary N) is 4. The molecule has 0 saturated carbocycles. The summed E-state index contributed by atoms with van der Waals surface area (Å²) in [5, 5.41) is 15.1. The third-order valence-electron chi connectivity index (χ3n) is 8.57. The van der Waals surface area contributed by atoms with Gasteiger partial charge in [-0.05, 0) is 80.7 Å². The highest BCUT2D eigenvalue weighted by molar-refractivity contribution is 5.46. The zero-order chi connectivity index (χ0) is 27.1. The van der Waals surface area contributed by atoms with Crippen LogP contribution in [0.25, 0.3) is 0 Å². The lowest BCUT2D eigenvalue weighted by Crippen LogP contribution is -2.44. The predicted molar refractivity (Wildman–Crippen MR) is 164 cm³/mol. The van der Waals surface area contributed by atoms with E-state index < -0.39 is 0 Å². The summed E-state index contributed by atoms with van der Waals surface area (Å²) in [5.41, 5.74) is 8.06. The fraction of sp³-hybridized carbons (Fsp3) is 0.529. The number of piperidine rings is 1. The Hall–Kier alpha value is -2.56. The Morgan fingerprint density at radius 1 is 1.21 bits per heavy atom. The molecule has 4 heteroatoms. The van der Waals surface area contributed by atoms with Crippen molar-refractivity contribution in [3.63, 3.8) is 0 Å². The fourth-order valence-electron chi connectivity index (χ4n) is 6.04. The van der Waals surface area contributed by atoms with Gasteiger partial charge in [0, 0.05) is 29.7 Å². The molecule has 0 aromatic carbocycles. The molecule has 4 unspecified atom stereocenters. The molecule has 0 aromatic rings. The molecule has 0 radical (unpaired) electrons. The Kier molecular flexibility index (Phi) is 9.73. The van der Waals surface area contributed by atoms with Gasteiger partial charge in [0.25, 0.3) is 0 Å². The smallest absolute Gasteiger partial charge is 0.0534 e. The van der Waals surface area contributed by atoms with Gasteiger partial charge in [0.1, 0.15) is 0 Å². The minimum absolute atomic E-state index is 0.206. The largest absolute Gasteiger partial charge is 0.378 e. The van der Waals surface area contributed by atoms with E-state index >= 15 is 0 Å². The quantitative estimate of drug-likeness (QED) is 0.241. The zero-order valence-corrected chi connectivity index (χ0v) is 24.2. The topological polar surface area (TPSA) is 48.1 Å². The van der Waals surface area contributed by atoms with Gasteiger partial charge in [0.2, 0.25) is 0 Å². The van der Waals surface area contributed by atoms with E-state index in [1.807, 2.05) is 0 Å². The fourth-order valence-corrected chi connectivity index (χ4v) is 6.04. The first-order valence-corrected chi connectivity index (χ1v) is 14.8. The molecule has 3 heterocycles. The normalized spacial score (nSPS) is 27.5. The van der Waals surface area contributed by atoms with Crippen LogP contribution in [0.2, 0.25) is 0 Å². The van der Waals surface area contributed by atoms with Crippen LogP contribution in [-0.2, 0) is 0 Å². The Balaban J connectivity index is 1.46. The molecule has 3 aliphatic heterocycles. The average molecular weight is 515 g/mol. The first kappa shape index (κ1) is 28.4. The van der Waals surface area contributed by atoms with Gasteiger partial charge in [-0.3, -0.25) is 0 Å². The number of rotatable bonds is 10. The van der Waals surface area contributed by atoms with Crippen molar-refractivity contribution in [1.29, 1.82) is 0 Å². The van der Waals surface area contributed by atoms with E-state index in [4.69, 9.17) is 0 Å². The third-order valence-corrected chi connectivity index (χ3v) is 8.57. The lowest BCUT2D eigenvalue weighted by Gasteiger charge is -2.34. The molecular formula is C34H50N4. The molecule has 0 amide bonds. The highest BCUT2D eigenvalue weighted by Crippen LogP contribution is 2.34. The maximum atomic E-state index is 4.45. The molecule has 4 N–H and O–H groups in total. The van der Waals surface area contributed by atoms with Gasteiger partial charge in [0.15, 0.2) is 0 Å². The second-order valence-electron chi connectivity index (χ2n) is 12.2. The summed E-state index contributed by atoms with van der Waals surface area (Å²) in [6.07, 6.45) is 26.7. The van der Waals surface area contributed by atoms with Crippen LogP contribution in [0.5, 0.6) is 0 Å². The van der Waals surface area contributed by atoms with Crippen molar-refractivity contribution in [3.05, 3.63) is 95.6 Å². The Morgan fingerprint density at radius 2 is 2.05 bits per heavy atom. The van der Waals surface area contributed by atoms with Crippen molar-refractivity contribution in [2.75, 3.05) is 6.54 Å². The van der Waals surface area contributed by atoms with E-state index in [0.717, 1.165) is 38.6 Å². The molecule has 4 nitrogen and oxygen atoms in total. The van der Waals surface area contributed by atoms with Gasteiger partial charge in [-0.2, -0.15) is 0 Å². The molecule has 206 valence electrons. The third kappa shape index (κ3) is 7.30. The number of unbranched alkanes of at least 4 members (excludes halogenated alkanes) is 1. The van der Waals surface area contributed by atoms with Crippen molar-refractivity contribution >= 4 is 0 Å². The van der Waals surface area contributed by atoms with E-state index in [9.17, 15) is 0 Å². The molecule has 0 bridgehead atoms. The summed E-state index contributed by atoms with van der Waals surface area (Å²) in [6.45, 7) is 19.0. The van der Waals surface area contributed by atoms with Crippen molar-refractivity contribution in [2.24, 2.45) is 5.41 Å². The first-order chi connectivity index (χ1) is 18.3. The monoisotopic (exact) mass is 514 g/mol. The van der Waals surface area contributed by atoms with E-state index in [-0.39, 0.29) is 17.5 Å². The van der Waals surface area contributed by atoms with Crippen LogP contribution in [0.15, 0.2) is 95.6 Å². The molecule has 1 saturated heterocycles. The van der Waals surface area contributed by atoms with Crippen LogP contribution in [0.3, 0.4) is 0 Å². The van der Waals surface area contributed by atoms with Gasteiger partial charge in [0.05, 0.1) is 12.1 Å². The lowest BCUT2D eigenvalue weighted by atomic mass is 9.79. The van der Waals surface area contributed by atoms with Crippen molar-refractivity contribution in [2.45, 2.75) is 103 Å². The maximum Gasteiger partial charge on any atom is 0.0534 e. The molecule has 4 aliphatic rings. The Bertz CT molecular complexity index is 1060. The standard InChI is InChI=1S/C34H50N4/c1-7-8-18-34(5,6)25(3)17-20-35-28-22-24(2)21-27-15-16-30(38-32(27)23-28)29-13-9-10-19-36-33(29)31-14-11-12-26(4)37-31/h9-13,19,21,23,26,28,30-31,35-38H,2-3,7-8,14-18,20,22H2,1,4-6H3. The second kappa shape index (κ2) is 13.0. The SMILES string of the molecule is C=C1C=C2CCC(C3=C(C4CC=CC(C)N4)NC=CC=C3)NC2=CC(NCCC(=C)C(C)(C)CCCC)C1. The van der Waals surface area contributed by atoms with E-state index in [2.05, 4.69) is 111 Å². The highest BCUT2D eigenvalue weighted by Gasteiger charge is 2.29. The van der Waals surface area contributed by atoms with Crippen molar-refractivity contribution < 1.29 is 0 Å². The summed E-state index contributed by atoms with van der Waals surface area (Å²) in [6, 6.07) is 1.22. The molecule has 4 atom stereocenters. The number of fused-ring (bicyclic) bond motifs is 1. The molecular weight excluding hydrogens is 464 g/mol. The minimum atomic E-state index is 0.206. The summed E-state index contributed by atoms with van der Waals surface area (Å²) >= 11 is 0. The summed E-state index contributed by atoms with van der Waals surface area (Å²) < 4.78 is 0. The molecule has 38 heavy (non-hydrogen) atoms. The van der Waals surface area contributed by atoms with E-state index in [1.165, 1.54) is 52.9 Å². The van der Waals surface area contributed by atoms with Crippen LogP contribution in [0, 0.1) is 5.41 Å². The summed E-state index contributed by atoms with van der Waals surface area (Å²) in [7, 11) is 0. The van der Waals surface area contributed by atoms with Crippen LogP contribution in [0.4, 0.5) is 0 Å². The van der Waals surface area contributed by atoms with Gasteiger partial charge in [-0.1, -0.05) is 88.3 Å². The van der Waals surface area contributed by atoms with Crippen LogP contribution in [-0.4, -0.2) is 30.7 Å². The Morgan fingerprint density at radius 3 is 2.84 bits per heavy atom. The molecule has 1 fully saturated rings. The minimum Gasteiger partial charge on any atom is -0.378 e. The number of allylic oxidation sites excluding steroid dienone is 4. The summed E-state index contributed by atoms with van der Waals surface area (Å²) in [4.78, 5) is 0. The zero-order valence-electron chi connectivity index (χ0n) is 24.2. The summed E-state index contributed by atoms with van der Waals surface area (Å²) in [5.74, 6) is 0. The van der Waals surface area contributed by atoms with Crippen LogP contribution in [0.1, 0.15) is 79.1 Å². The van der Waals surface area contributed by atoms with Crippen LogP contribution < -0.4 is 21.3 Å². The van der Waals surface area contributed by atoms with Crippen LogP contribution >= 0.6 is 0 Å².